The summed E-state index contributed by atoms with van der Waals surface area (Å²) in [5.74, 6) is 0.688. The first-order valence-electron chi connectivity index (χ1n) is 9.55. The van der Waals surface area contributed by atoms with Gasteiger partial charge in [0.2, 0.25) is 0 Å². The summed E-state index contributed by atoms with van der Waals surface area (Å²) in [5, 5.41) is 2.95. The van der Waals surface area contributed by atoms with Gasteiger partial charge in [-0.25, -0.2) is 0 Å². The van der Waals surface area contributed by atoms with Crippen LogP contribution in [0.1, 0.15) is 69.3 Å². The zero-order valence-corrected chi connectivity index (χ0v) is 16.5. The molecule has 0 spiro atoms. The highest BCUT2D eigenvalue weighted by Crippen LogP contribution is 2.23. The van der Waals surface area contributed by atoms with E-state index >= 15 is 0 Å². The Morgan fingerprint density at radius 3 is 2.38 bits per heavy atom. The molecule has 26 heavy (non-hydrogen) atoms. The minimum absolute atomic E-state index is 0.0812. The molecule has 0 saturated carbocycles. The summed E-state index contributed by atoms with van der Waals surface area (Å²) in [6, 6.07) is 15.4. The summed E-state index contributed by atoms with van der Waals surface area (Å²) in [6.45, 7) is 9.40. The highest BCUT2D eigenvalue weighted by atomic mass is 16.5. The van der Waals surface area contributed by atoms with Gasteiger partial charge in [-0.3, -0.25) is 4.79 Å². The Kier molecular flexibility index (Phi) is 7.26. The molecule has 0 aliphatic rings. The third-order valence-electron chi connectivity index (χ3n) is 4.37. The van der Waals surface area contributed by atoms with Gasteiger partial charge in [-0.2, -0.15) is 0 Å². The third-order valence-corrected chi connectivity index (χ3v) is 4.37. The van der Waals surface area contributed by atoms with Crippen molar-refractivity contribution < 1.29 is 9.53 Å². The predicted octanol–water partition coefficient (Wildman–Crippen LogP) is 6.20. The van der Waals surface area contributed by atoms with Crippen molar-refractivity contribution in [3.05, 3.63) is 59.7 Å². The Hall–Kier alpha value is -2.29. The van der Waals surface area contributed by atoms with Crippen LogP contribution in [0.2, 0.25) is 0 Å². The average Bonchev–Trinajstić information content (AvgIpc) is 2.61. The van der Waals surface area contributed by atoms with Gasteiger partial charge < -0.3 is 10.1 Å². The fraction of sp³-hybridized carbons (Fsp3) is 0.435. The van der Waals surface area contributed by atoms with Crippen LogP contribution in [0.25, 0.3) is 0 Å². The molecule has 0 saturated heterocycles. The van der Waals surface area contributed by atoms with Gasteiger partial charge in [0.1, 0.15) is 5.75 Å². The van der Waals surface area contributed by atoms with Crippen LogP contribution in [0, 0.1) is 0 Å². The van der Waals surface area contributed by atoms with Gasteiger partial charge in [0.15, 0.2) is 0 Å². The van der Waals surface area contributed by atoms with Gasteiger partial charge >= 0.3 is 0 Å². The molecule has 0 aliphatic heterocycles. The van der Waals surface area contributed by atoms with Crippen molar-refractivity contribution in [2.45, 2.75) is 58.8 Å². The lowest BCUT2D eigenvalue weighted by Gasteiger charge is -2.19. The summed E-state index contributed by atoms with van der Waals surface area (Å²) in [7, 11) is 0. The molecule has 0 aromatic heterocycles. The summed E-state index contributed by atoms with van der Waals surface area (Å²) >= 11 is 0. The van der Waals surface area contributed by atoms with Crippen LogP contribution in [0.3, 0.4) is 0 Å². The van der Waals surface area contributed by atoms with Crippen LogP contribution in [-0.4, -0.2) is 12.5 Å². The smallest absolute Gasteiger partial charge is 0.255 e. The number of carbonyl (C=O) groups excluding carboxylic acids is 1. The number of anilines is 1. The highest BCUT2D eigenvalue weighted by Gasteiger charge is 2.14. The van der Waals surface area contributed by atoms with E-state index in [4.69, 9.17) is 4.74 Å². The molecule has 3 heteroatoms. The molecule has 1 amide bonds. The summed E-state index contributed by atoms with van der Waals surface area (Å²) < 4.78 is 5.78. The molecular weight excluding hydrogens is 322 g/mol. The number of carbonyl (C=O) groups is 1. The Morgan fingerprint density at radius 2 is 1.73 bits per heavy atom. The Bertz CT molecular complexity index is 699. The molecule has 0 unspecified atom stereocenters. The van der Waals surface area contributed by atoms with Crippen molar-refractivity contribution in [3.63, 3.8) is 0 Å². The van der Waals surface area contributed by atoms with Crippen LogP contribution >= 0.6 is 0 Å². The van der Waals surface area contributed by atoms with Gasteiger partial charge in [0.25, 0.3) is 5.91 Å². The van der Waals surface area contributed by atoms with Gasteiger partial charge in [0, 0.05) is 17.3 Å². The lowest BCUT2D eigenvalue weighted by molar-refractivity contribution is 0.102. The minimum atomic E-state index is -0.106. The Balaban J connectivity index is 1.93. The number of hydrogen-bond donors (Lipinski definition) is 1. The van der Waals surface area contributed by atoms with Crippen molar-refractivity contribution >= 4 is 11.6 Å². The fourth-order valence-corrected chi connectivity index (χ4v) is 2.71. The van der Waals surface area contributed by atoms with Crippen molar-refractivity contribution in [1.82, 2.24) is 0 Å². The number of benzene rings is 2. The molecule has 2 aromatic carbocycles. The number of ether oxygens (including phenoxy) is 1. The standard InChI is InChI=1S/C23H31NO2/c1-5-6-7-8-16-26-21-11-9-10-20(17-21)24-22(25)18-12-14-19(15-13-18)23(2,3)4/h9-15,17H,5-8,16H2,1-4H3,(H,24,25). The third kappa shape index (κ3) is 6.21. The number of rotatable bonds is 8. The molecule has 0 heterocycles. The van der Waals surface area contributed by atoms with E-state index in [0.29, 0.717) is 12.2 Å². The number of hydrogen-bond acceptors (Lipinski definition) is 2. The van der Waals surface area contributed by atoms with Crippen LogP contribution < -0.4 is 10.1 Å². The first kappa shape index (κ1) is 20.0. The van der Waals surface area contributed by atoms with E-state index < -0.39 is 0 Å². The van der Waals surface area contributed by atoms with E-state index in [2.05, 4.69) is 33.0 Å². The number of nitrogens with one attached hydrogen (secondary N) is 1. The first-order valence-corrected chi connectivity index (χ1v) is 9.55. The maximum absolute atomic E-state index is 12.5. The second-order valence-electron chi connectivity index (χ2n) is 7.72. The van der Waals surface area contributed by atoms with Crippen LogP contribution in [0.15, 0.2) is 48.5 Å². The van der Waals surface area contributed by atoms with E-state index in [0.717, 1.165) is 17.9 Å². The van der Waals surface area contributed by atoms with E-state index in [1.807, 2.05) is 48.5 Å². The molecular formula is C23H31NO2. The van der Waals surface area contributed by atoms with Gasteiger partial charge in [-0.1, -0.05) is 65.2 Å². The first-order chi connectivity index (χ1) is 12.4. The molecule has 0 atom stereocenters. The Labute approximate surface area is 157 Å². The fourth-order valence-electron chi connectivity index (χ4n) is 2.71. The SMILES string of the molecule is CCCCCCOc1cccc(NC(=O)c2ccc(C(C)(C)C)cc2)c1. The van der Waals surface area contributed by atoms with E-state index in [1.165, 1.54) is 24.8 Å². The van der Waals surface area contributed by atoms with Gasteiger partial charge in [-0.05, 0) is 41.7 Å². The van der Waals surface area contributed by atoms with E-state index in [1.54, 1.807) is 0 Å². The van der Waals surface area contributed by atoms with E-state index in [9.17, 15) is 4.79 Å². The maximum Gasteiger partial charge on any atom is 0.255 e. The topological polar surface area (TPSA) is 38.3 Å². The predicted molar refractivity (Wildman–Crippen MR) is 109 cm³/mol. The monoisotopic (exact) mass is 353 g/mol. The normalized spacial score (nSPS) is 11.2. The van der Waals surface area contributed by atoms with Crippen LogP contribution in [-0.2, 0) is 5.41 Å². The average molecular weight is 354 g/mol. The lowest BCUT2D eigenvalue weighted by Crippen LogP contribution is -2.14. The Morgan fingerprint density at radius 1 is 1.00 bits per heavy atom. The number of unbranched alkanes of at least 4 members (excludes halogenated alkanes) is 3. The quantitative estimate of drug-likeness (QED) is 0.574. The van der Waals surface area contributed by atoms with Gasteiger partial charge in [0.05, 0.1) is 6.61 Å². The largest absolute Gasteiger partial charge is 0.494 e. The summed E-state index contributed by atoms with van der Waals surface area (Å²) in [6.07, 6.45) is 4.72. The lowest BCUT2D eigenvalue weighted by atomic mass is 9.87. The van der Waals surface area contributed by atoms with E-state index in [-0.39, 0.29) is 11.3 Å². The highest BCUT2D eigenvalue weighted by molar-refractivity contribution is 6.04. The molecule has 2 rings (SSSR count). The van der Waals surface area contributed by atoms with Crippen LogP contribution in [0.5, 0.6) is 5.75 Å². The molecule has 0 fully saturated rings. The zero-order valence-electron chi connectivity index (χ0n) is 16.5. The maximum atomic E-state index is 12.5. The molecule has 2 aromatic rings. The van der Waals surface area contributed by atoms with Crippen molar-refractivity contribution in [2.75, 3.05) is 11.9 Å². The molecule has 140 valence electrons. The van der Waals surface area contributed by atoms with Gasteiger partial charge in [-0.15, -0.1) is 0 Å². The zero-order chi connectivity index (χ0) is 19.0. The second-order valence-corrected chi connectivity index (χ2v) is 7.72. The molecule has 0 aliphatic carbocycles. The minimum Gasteiger partial charge on any atom is -0.494 e. The molecule has 0 bridgehead atoms. The number of amides is 1. The second kappa shape index (κ2) is 9.42. The van der Waals surface area contributed by atoms with Crippen molar-refractivity contribution in [2.24, 2.45) is 0 Å². The molecule has 0 radical (unpaired) electrons. The summed E-state index contributed by atoms with van der Waals surface area (Å²) in [4.78, 5) is 12.5. The molecule has 1 N–H and O–H groups in total. The van der Waals surface area contributed by atoms with Crippen molar-refractivity contribution in [3.8, 4) is 5.75 Å². The van der Waals surface area contributed by atoms with Crippen molar-refractivity contribution in [1.29, 1.82) is 0 Å². The summed E-state index contributed by atoms with van der Waals surface area (Å²) in [5.41, 5.74) is 2.70. The van der Waals surface area contributed by atoms with Crippen LogP contribution in [0.4, 0.5) is 5.69 Å². The molecule has 3 nitrogen and oxygen atoms in total.